The number of aromatic nitrogens is 2. The van der Waals surface area contributed by atoms with E-state index in [0.717, 1.165) is 0 Å². The fourth-order valence-electron chi connectivity index (χ4n) is 1.15. The molecule has 7 heteroatoms. The van der Waals surface area contributed by atoms with E-state index in [2.05, 4.69) is 10.1 Å². The average Bonchev–Trinajstić information content (AvgIpc) is 2.48. The van der Waals surface area contributed by atoms with Crippen molar-refractivity contribution >= 4 is 11.9 Å². The van der Waals surface area contributed by atoms with Gasteiger partial charge in [-0.3, -0.25) is 9.59 Å². The lowest BCUT2D eigenvalue weighted by Gasteiger charge is -2.05. The van der Waals surface area contributed by atoms with E-state index in [1.165, 1.54) is 0 Å². The van der Waals surface area contributed by atoms with Crippen molar-refractivity contribution in [2.24, 2.45) is 0 Å². The lowest BCUT2D eigenvalue weighted by molar-refractivity contribution is -0.139. The van der Waals surface area contributed by atoms with Crippen LogP contribution in [0.2, 0.25) is 0 Å². The first-order valence-electron chi connectivity index (χ1n) is 4.23. The van der Waals surface area contributed by atoms with Crippen LogP contribution in [0.5, 0.6) is 0 Å². The van der Waals surface area contributed by atoms with Crippen molar-refractivity contribution < 1.29 is 24.3 Å². The van der Waals surface area contributed by atoms with Gasteiger partial charge in [0.1, 0.15) is 0 Å². The van der Waals surface area contributed by atoms with Gasteiger partial charge in [-0.15, -0.1) is 0 Å². The first-order chi connectivity index (χ1) is 6.99. The van der Waals surface area contributed by atoms with E-state index in [1.807, 2.05) is 0 Å². The Bertz CT molecular complexity index is 357. The summed E-state index contributed by atoms with van der Waals surface area (Å²) in [5.41, 5.74) is 0. The molecule has 2 N–H and O–H groups in total. The standard InChI is InChI=1S/C8H10N2O5/c1-4-9-8(15-10-4)5(2-6(11)12)3-7(13)14/h5H,2-3H2,1H3,(H,11,12)(H,13,14). The number of hydrogen-bond donors (Lipinski definition) is 2. The largest absolute Gasteiger partial charge is 0.481 e. The summed E-state index contributed by atoms with van der Waals surface area (Å²) in [5, 5.41) is 20.6. The van der Waals surface area contributed by atoms with Crippen molar-refractivity contribution in [3.8, 4) is 0 Å². The number of carbonyl (C=O) groups is 2. The zero-order valence-corrected chi connectivity index (χ0v) is 8.01. The second-order valence-electron chi connectivity index (χ2n) is 3.07. The SMILES string of the molecule is Cc1noc(C(CC(=O)O)CC(=O)O)n1. The molecule has 1 aromatic heterocycles. The highest BCUT2D eigenvalue weighted by Gasteiger charge is 2.24. The molecule has 0 aliphatic rings. The number of nitrogens with zero attached hydrogens (tertiary/aromatic N) is 2. The van der Waals surface area contributed by atoms with Crippen LogP contribution in [-0.2, 0) is 9.59 Å². The van der Waals surface area contributed by atoms with E-state index in [-0.39, 0.29) is 18.7 Å². The van der Waals surface area contributed by atoms with Crippen LogP contribution >= 0.6 is 0 Å². The molecule has 1 aromatic rings. The minimum absolute atomic E-state index is 0.0531. The van der Waals surface area contributed by atoms with Crippen LogP contribution in [0, 0.1) is 6.92 Å². The smallest absolute Gasteiger partial charge is 0.304 e. The van der Waals surface area contributed by atoms with E-state index < -0.39 is 17.9 Å². The molecule has 1 heterocycles. The van der Waals surface area contributed by atoms with Gasteiger partial charge in [-0.1, -0.05) is 5.16 Å². The predicted octanol–water partition coefficient (Wildman–Crippen LogP) is 0.411. The molecule has 0 amide bonds. The molecule has 15 heavy (non-hydrogen) atoms. The molecule has 1 rings (SSSR count). The zero-order chi connectivity index (χ0) is 11.4. The molecule has 82 valence electrons. The average molecular weight is 214 g/mol. The van der Waals surface area contributed by atoms with Gasteiger partial charge in [0.15, 0.2) is 5.82 Å². The van der Waals surface area contributed by atoms with Gasteiger partial charge >= 0.3 is 11.9 Å². The first-order valence-corrected chi connectivity index (χ1v) is 4.23. The van der Waals surface area contributed by atoms with Crippen molar-refractivity contribution in [3.63, 3.8) is 0 Å². The lowest BCUT2D eigenvalue weighted by atomic mass is 10.0. The molecular weight excluding hydrogens is 204 g/mol. The van der Waals surface area contributed by atoms with Crippen LogP contribution in [0.1, 0.15) is 30.5 Å². The molecule has 0 aliphatic heterocycles. The number of carboxylic acids is 2. The summed E-state index contributed by atoms with van der Waals surface area (Å²) in [5.74, 6) is -2.57. The van der Waals surface area contributed by atoms with E-state index in [4.69, 9.17) is 14.7 Å². The van der Waals surface area contributed by atoms with Crippen LogP contribution in [0.4, 0.5) is 0 Å². The third kappa shape index (κ3) is 3.37. The number of carboxylic acid groups (broad SMARTS) is 2. The molecule has 0 aromatic carbocycles. The molecule has 0 unspecified atom stereocenters. The van der Waals surface area contributed by atoms with Crippen molar-refractivity contribution in [2.45, 2.75) is 25.7 Å². The number of aliphatic carboxylic acids is 2. The Kier molecular flexibility index (Phi) is 3.37. The Morgan fingerprint density at radius 2 is 1.87 bits per heavy atom. The van der Waals surface area contributed by atoms with Gasteiger partial charge < -0.3 is 14.7 Å². The molecule has 7 nitrogen and oxygen atoms in total. The number of rotatable bonds is 5. The summed E-state index contributed by atoms with van der Waals surface area (Å²) >= 11 is 0. The topological polar surface area (TPSA) is 114 Å². The molecule has 0 radical (unpaired) electrons. The van der Waals surface area contributed by atoms with Crippen LogP contribution in [0.25, 0.3) is 0 Å². The van der Waals surface area contributed by atoms with Gasteiger partial charge in [0.05, 0.1) is 18.8 Å². The van der Waals surface area contributed by atoms with E-state index in [1.54, 1.807) is 6.92 Å². The second kappa shape index (κ2) is 4.54. The van der Waals surface area contributed by atoms with E-state index >= 15 is 0 Å². The third-order valence-corrected chi connectivity index (χ3v) is 1.73. The Balaban J connectivity index is 2.80. The van der Waals surface area contributed by atoms with Crippen molar-refractivity contribution in [3.05, 3.63) is 11.7 Å². The molecule has 0 bridgehead atoms. The fourth-order valence-corrected chi connectivity index (χ4v) is 1.15. The monoisotopic (exact) mass is 214 g/mol. The highest BCUT2D eigenvalue weighted by atomic mass is 16.5. The van der Waals surface area contributed by atoms with Crippen LogP contribution < -0.4 is 0 Å². The molecule has 0 fully saturated rings. The van der Waals surface area contributed by atoms with Gasteiger partial charge in [0, 0.05) is 0 Å². The van der Waals surface area contributed by atoms with Gasteiger partial charge in [-0.05, 0) is 6.92 Å². The van der Waals surface area contributed by atoms with Gasteiger partial charge in [0.2, 0.25) is 5.89 Å². The van der Waals surface area contributed by atoms with Gasteiger partial charge in [0.25, 0.3) is 0 Å². The van der Waals surface area contributed by atoms with E-state index in [0.29, 0.717) is 5.82 Å². The summed E-state index contributed by atoms with van der Waals surface area (Å²) in [7, 11) is 0. The Morgan fingerprint density at radius 1 is 1.33 bits per heavy atom. The number of aryl methyl sites for hydroxylation is 1. The molecule has 0 spiro atoms. The van der Waals surface area contributed by atoms with E-state index in [9.17, 15) is 9.59 Å². The van der Waals surface area contributed by atoms with Crippen molar-refractivity contribution in [1.82, 2.24) is 10.1 Å². The van der Waals surface area contributed by atoms with Crippen LogP contribution in [0.15, 0.2) is 4.52 Å². The summed E-state index contributed by atoms with van der Waals surface area (Å²) in [6, 6.07) is 0. The number of hydrogen-bond acceptors (Lipinski definition) is 5. The van der Waals surface area contributed by atoms with Crippen molar-refractivity contribution in [2.75, 3.05) is 0 Å². The zero-order valence-electron chi connectivity index (χ0n) is 8.01. The minimum atomic E-state index is -1.10. The van der Waals surface area contributed by atoms with Gasteiger partial charge in [-0.25, -0.2) is 0 Å². The highest BCUT2D eigenvalue weighted by Crippen LogP contribution is 2.21. The Morgan fingerprint density at radius 3 is 2.20 bits per heavy atom. The normalized spacial score (nSPS) is 10.5. The maximum Gasteiger partial charge on any atom is 0.304 e. The predicted molar refractivity (Wildman–Crippen MR) is 46.3 cm³/mol. The fraction of sp³-hybridized carbons (Fsp3) is 0.500. The van der Waals surface area contributed by atoms with Crippen LogP contribution in [-0.4, -0.2) is 32.3 Å². The molecule has 0 atom stereocenters. The van der Waals surface area contributed by atoms with Crippen LogP contribution in [0.3, 0.4) is 0 Å². The molecule has 0 aliphatic carbocycles. The van der Waals surface area contributed by atoms with Crippen molar-refractivity contribution in [1.29, 1.82) is 0 Å². The molecule has 0 saturated heterocycles. The maximum absolute atomic E-state index is 10.5. The molecule has 0 saturated carbocycles. The third-order valence-electron chi connectivity index (χ3n) is 1.73. The minimum Gasteiger partial charge on any atom is -0.481 e. The maximum atomic E-state index is 10.5. The summed E-state index contributed by atoms with van der Waals surface area (Å²) < 4.78 is 4.74. The summed E-state index contributed by atoms with van der Waals surface area (Å²) in [6.45, 7) is 1.57. The lowest BCUT2D eigenvalue weighted by Crippen LogP contribution is -2.11. The first kappa shape index (κ1) is 11.2. The summed E-state index contributed by atoms with van der Waals surface area (Å²) in [6.07, 6.45) is -0.679. The second-order valence-corrected chi connectivity index (χ2v) is 3.07. The van der Waals surface area contributed by atoms with Gasteiger partial charge in [-0.2, -0.15) is 4.98 Å². The summed E-state index contributed by atoms with van der Waals surface area (Å²) in [4.78, 5) is 24.8. The molecular formula is C8H10N2O5. The highest BCUT2D eigenvalue weighted by molar-refractivity contribution is 5.71. The Hall–Kier alpha value is -1.92. The Labute approximate surface area is 84.7 Å². The quantitative estimate of drug-likeness (QED) is 0.729.